The molecule has 2 aliphatic rings. The number of anilines is 1. The molecule has 0 aliphatic heterocycles. The van der Waals surface area contributed by atoms with E-state index in [1.165, 1.54) is 81.4 Å². The predicted molar refractivity (Wildman–Crippen MR) is 95.4 cm³/mol. The molecular formula is C18H31N3S. The second-order valence-corrected chi connectivity index (χ2v) is 8.26. The summed E-state index contributed by atoms with van der Waals surface area (Å²) in [5.74, 6) is 0.992. The topological polar surface area (TPSA) is 42.2 Å². The smallest absolute Gasteiger partial charge is 0.180 e. The minimum atomic E-state index is 0.718. The van der Waals surface area contributed by atoms with Crippen molar-refractivity contribution < 1.29 is 0 Å². The van der Waals surface area contributed by atoms with Crippen LogP contribution in [0.25, 0.3) is 0 Å². The van der Waals surface area contributed by atoms with Gasteiger partial charge in [0.15, 0.2) is 5.13 Å². The van der Waals surface area contributed by atoms with Crippen LogP contribution in [0.15, 0.2) is 0 Å². The summed E-state index contributed by atoms with van der Waals surface area (Å²) in [6.45, 7) is 4.86. The highest BCUT2D eigenvalue weighted by Gasteiger charge is 2.27. The number of aryl methyl sites for hydroxylation is 1. The Morgan fingerprint density at radius 2 is 2.00 bits per heavy atom. The molecule has 0 saturated heterocycles. The van der Waals surface area contributed by atoms with Crippen LogP contribution in [0.1, 0.15) is 68.9 Å². The zero-order valence-corrected chi connectivity index (χ0v) is 14.8. The molecule has 3 rings (SSSR count). The fourth-order valence-corrected chi connectivity index (χ4v) is 5.23. The van der Waals surface area contributed by atoms with Crippen LogP contribution < -0.4 is 5.73 Å². The van der Waals surface area contributed by atoms with Crippen molar-refractivity contribution in [1.82, 2.24) is 9.88 Å². The number of nitrogens with two attached hydrogens (primary N) is 1. The third kappa shape index (κ3) is 4.02. The first-order valence-electron chi connectivity index (χ1n) is 9.24. The average Bonchev–Trinajstić information content (AvgIpc) is 2.91. The van der Waals surface area contributed by atoms with Gasteiger partial charge in [0.1, 0.15) is 0 Å². The number of thiazole rings is 1. The monoisotopic (exact) mass is 321 g/mol. The molecule has 0 bridgehead atoms. The van der Waals surface area contributed by atoms with Crippen LogP contribution in [0.2, 0.25) is 0 Å². The number of hydrogen-bond acceptors (Lipinski definition) is 4. The largest absolute Gasteiger partial charge is 0.375 e. The number of nitrogen functional groups attached to an aromatic ring is 1. The van der Waals surface area contributed by atoms with Crippen LogP contribution in [-0.4, -0.2) is 29.0 Å². The van der Waals surface area contributed by atoms with Crippen molar-refractivity contribution in [2.45, 2.75) is 77.2 Å². The van der Waals surface area contributed by atoms with E-state index in [1.54, 1.807) is 11.3 Å². The lowest BCUT2D eigenvalue weighted by molar-refractivity contribution is 0.161. The molecule has 2 aliphatic carbocycles. The summed E-state index contributed by atoms with van der Waals surface area (Å²) >= 11 is 1.72. The van der Waals surface area contributed by atoms with Crippen molar-refractivity contribution in [3.05, 3.63) is 10.6 Å². The summed E-state index contributed by atoms with van der Waals surface area (Å²) in [7, 11) is 0. The Hall–Kier alpha value is -0.610. The SMILES string of the molecule is CCCN(CCC1CCCCC1)C1CCc2nc(N)sc2C1. The number of hydrogen-bond donors (Lipinski definition) is 1. The van der Waals surface area contributed by atoms with Gasteiger partial charge in [0.25, 0.3) is 0 Å². The van der Waals surface area contributed by atoms with Crippen LogP contribution in [-0.2, 0) is 12.8 Å². The van der Waals surface area contributed by atoms with Crippen LogP contribution in [0.5, 0.6) is 0 Å². The van der Waals surface area contributed by atoms with E-state index in [2.05, 4.69) is 16.8 Å². The normalized spacial score (nSPS) is 22.9. The van der Waals surface area contributed by atoms with Gasteiger partial charge in [-0.25, -0.2) is 4.98 Å². The molecule has 124 valence electrons. The van der Waals surface area contributed by atoms with Crippen molar-refractivity contribution in [2.75, 3.05) is 18.8 Å². The highest BCUT2D eigenvalue weighted by molar-refractivity contribution is 7.15. The molecule has 22 heavy (non-hydrogen) atoms. The van der Waals surface area contributed by atoms with Crippen LogP contribution in [0.4, 0.5) is 5.13 Å². The lowest BCUT2D eigenvalue weighted by atomic mass is 9.86. The van der Waals surface area contributed by atoms with Gasteiger partial charge in [-0.3, -0.25) is 0 Å². The molecule has 1 fully saturated rings. The number of nitrogens with zero attached hydrogens (tertiary/aromatic N) is 2. The zero-order chi connectivity index (χ0) is 15.4. The van der Waals surface area contributed by atoms with Crippen LogP contribution >= 0.6 is 11.3 Å². The van der Waals surface area contributed by atoms with E-state index in [0.29, 0.717) is 0 Å². The molecular weight excluding hydrogens is 290 g/mol. The third-order valence-electron chi connectivity index (χ3n) is 5.51. The maximum absolute atomic E-state index is 5.89. The highest BCUT2D eigenvalue weighted by Crippen LogP contribution is 2.31. The number of aromatic nitrogens is 1. The van der Waals surface area contributed by atoms with Gasteiger partial charge in [0.05, 0.1) is 5.69 Å². The molecule has 1 saturated carbocycles. The molecule has 0 spiro atoms. The fourth-order valence-electron chi connectivity index (χ4n) is 4.28. The molecule has 0 radical (unpaired) electrons. The van der Waals surface area contributed by atoms with E-state index in [4.69, 9.17) is 5.73 Å². The van der Waals surface area contributed by atoms with E-state index in [1.807, 2.05) is 0 Å². The second-order valence-electron chi connectivity index (χ2n) is 7.15. The Morgan fingerprint density at radius 3 is 2.77 bits per heavy atom. The predicted octanol–water partition coefficient (Wildman–Crippen LogP) is 4.27. The summed E-state index contributed by atoms with van der Waals surface area (Å²) in [5, 5.41) is 0.759. The van der Waals surface area contributed by atoms with Crippen molar-refractivity contribution in [3.8, 4) is 0 Å². The van der Waals surface area contributed by atoms with E-state index in [9.17, 15) is 0 Å². The minimum absolute atomic E-state index is 0.718. The molecule has 1 aromatic heterocycles. The Labute approximate surface area is 139 Å². The first-order chi connectivity index (χ1) is 10.8. The Kier molecular flexibility index (Phi) is 5.75. The molecule has 2 N–H and O–H groups in total. The van der Waals surface area contributed by atoms with Gasteiger partial charge in [-0.2, -0.15) is 0 Å². The van der Waals surface area contributed by atoms with Crippen LogP contribution in [0.3, 0.4) is 0 Å². The first-order valence-corrected chi connectivity index (χ1v) is 10.1. The van der Waals surface area contributed by atoms with Gasteiger partial charge >= 0.3 is 0 Å². The van der Waals surface area contributed by atoms with E-state index < -0.39 is 0 Å². The molecule has 1 atom stereocenters. The fraction of sp³-hybridized carbons (Fsp3) is 0.833. The summed E-state index contributed by atoms with van der Waals surface area (Å²) < 4.78 is 0. The molecule has 3 nitrogen and oxygen atoms in total. The Morgan fingerprint density at radius 1 is 1.18 bits per heavy atom. The van der Waals surface area contributed by atoms with Gasteiger partial charge in [0, 0.05) is 10.9 Å². The third-order valence-corrected chi connectivity index (χ3v) is 6.46. The number of rotatable bonds is 6. The maximum atomic E-state index is 5.89. The molecule has 1 aromatic rings. The van der Waals surface area contributed by atoms with Gasteiger partial charge in [-0.1, -0.05) is 39.0 Å². The quantitative estimate of drug-likeness (QED) is 0.851. The van der Waals surface area contributed by atoms with E-state index >= 15 is 0 Å². The van der Waals surface area contributed by atoms with Gasteiger partial charge in [0.2, 0.25) is 0 Å². The van der Waals surface area contributed by atoms with Crippen molar-refractivity contribution >= 4 is 16.5 Å². The summed E-state index contributed by atoms with van der Waals surface area (Å²) in [5.41, 5.74) is 7.17. The molecule has 1 heterocycles. The van der Waals surface area contributed by atoms with E-state index in [0.717, 1.165) is 23.5 Å². The van der Waals surface area contributed by atoms with Crippen LogP contribution in [0, 0.1) is 5.92 Å². The Balaban J connectivity index is 1.56. The van der Waals surface area contributed by atoms with Crippen molar-refractivity contribution in [3.63, 3.8) is 0 Å². The van der Waals surface area contributed by atoms with Gasteiger partial charge in [-0.15, -0.1) is 11.3 Å². The molecule has 1 unspecified atom stereocenters. The molecule has 0 amide bonds. The van der Waals surface area contributed by atoms with Crippen molar-refractivity contribution in [1.29, 1.82) is 0 Å². The summed E-state index contributed by atoms with van der Waals surface area (Å²) in [4.78, 5) is 8.71. The summed E-state index contributed by atoms with van der Waals surface area (Å²) in [6, 6.07) is 0.718. The first kappa shape index (κ1) is 16.3. The average molecular weight is 322 g/mol. The number of fused-ring (bicyclic) bond motifs is 1. The molecule has 4 heteroatoms. The highest BCUT2D eigenvalue weighted by atomic mass is 32.1. The second kappa shape index (κ2) is 7.78. The zero-order valence-electron chi connectivity index (χ0n) is 14.0. The Bertz CT molecular complexity index is 465. The van der Waals surface area contributed by atoms with Crippen molar-refractivity contribution in [2.24, 2.45) is 5.92 Å². The summed E-state index contributed by atoms with van der Waals surface area (Å²) in [6.07, 6.45) is 13.6. The van der Waals surface area contributed by atoms with Gasteiger partial charge < -0.3 is 10.6 Å². The van der Waals surface area contributed by atoms with Gasteiger partial charge in [-0.05, 0) is 51.1 Å². The lowest BCUT2D eigenvalue weighted by Gasteiger charge is -2.35. The lowest BCUT2D eigenvalue weighted by Crippen LogP contribution is -2.40. The minimum Gasteiger partial charge on any atom is -0.375 e. The molecule has 0 aromatic carbocycles. The van der Waals surface area contributed by atoms with E-state index in [-0.39, 0.29) is 0 Å². The maximum Gasteiger partial charge on any atom is 0.180 e. The standard InChI is InChI=1S/C18H31N3S/c1-2-11-21(12-10-14-6-4-3-5-7-14)15-8-9-16-17(13-15)22-18(19)20-16/h14-15H,2-13H2,1H3,(H2,19,20).